The molecule has 3 rings (SSSR count). The van der Waals surface area contributed by atoms with Crippen molar-refractivity contribution in [2.24, 2.45) is 0 Å². The number of ether oxygens (including phenoxy) is 3. The minimum Gasteiger partial charge on any atom is -0.495 e. The zero-order valence-corrected chi connectivity index (χ0v) is 11.5. The third-order valence-electron chi connectivity index (χ3n) is 3.17. The highest BCUT2D eigenvalue weighted by Gasteiger charge is 2.27. The molecule has 1 aliphatic rings. The van der Waals surface area contributed by atoms with Gasteiger partial charge >= 0.3 is 0 Å². The van der Waals surface area contributed by atoms with E-state index in [0.29, 0.717) is 22.9 Å². The van der Waals surface area contributed by atoms with Crippen molar-refractivity contribution >= 4 is 11.6 Å². The molecule has 0 saturated heterocycles. The summed E-state index contributed by atoms with van der Waals surface area (Å²) in [4.78, 5) is 12.3. The van der Waals surface area contributed by atoms with Crippen molar-refractivity contribution in [2.45, 2.75) is 6.10 Å². The van der Waals surface area contributed by atoms with E-state index >= 15 is 0 Å². The Labute approximate surface area is 122 Å². The first-order valence-corrected chi connectivity index (χ1v) is 6.60. The summed E-state index contributed by atoms with van der Waals surface area (Å²) in [5.74, 6) is 1.56. The van der Waals surface area contributed by atoms with E-state index < -0.39 is 6.10 Å². The molecule has 2 aromatic carbocycles. The van der Waals surface area contributed by atoms with Crippen molar-refractivity contribution in [1.29, 1.82) is 0 Å². The predicted molar refractivity (Wildman–Crippen MR) is 78.0 cm³/mol. The zero-order valence-electron chi connectivity index (χ0n) is 11.5. The van der Waals surface area contributed by atoms with E-state index in [2.05, 4.69) is 5.32 Å². The van der Waals surface area contributed by atoms with Gasteiger partial charge in [-0.1, -0.05) is 24.3 Å². The van der Waals surface area contributed by atoms with Gasteiger partial charge in [0.05, 0.1) is 12.8 Å². The second-order valence-corrected chi connectivity index (χ2v) is 4.55. The molecule has 0 fully saturated rings. The van der Waals surface area contributed by atoms with E-state index in [1.54, 1.807) is 25.3 Å². The maximum absolute atomic E-state index is 12.3. The fourth-order valence-electron chi connectivity index (χ4n) is 2.11. The van der Waals surface area contributed by atoms with Gasteiger partial charge in [0.2, 0.25) is 6.10 Å². The molecule has 108 valence electrons. The largest absolute Gasteiger partial charge is 0.495 e. The van der Waals surface area contributed by atoms with Gasteiger partial charge in [0.15, 0.2) is 11.5 Å². The first kappa shape index (κ1) is 13.3. The van der Waals surface area contributed by atoms with Crippen LogP contribution in [0.2, 0.25) is 0 Å². The zero-order chi connectivity index (χ0) is 14.7. The lowest BCUT2D eigenvalue weighted by Gasteiger charge is -2.25. The first-order chi connectivity index (χ1) is 10.3. The number of methoxy groups -OCH3 is 1. The van der Waals surface area contributed by atoms with Crippen LogP contribution in [0, 0.1) is 0 Å². The molecule has 0 unspecified atom stereocenters. The number of carbonyl (C=O) groups is 1. The highest BCUT2D eigenvalue weighted by Crippen LogP contribution is 2.31. The molecular formula is C16H15NO4. The number of fused-ring (bicyclic) bond motifs is 1. The molecule has 0 aliphatic carbocycles. The molecule has 21 heavy (non-hydrogen) atoms. The van der Waals surface area contributed by atoms with Crippen LogP contribution in [0.4, 0.5) is 5.69 Å². The topological polar surface area (TPSA) is 56.8 Å². The third kappa shape index (κ3) is 2.76. The van der Waals surface area contributed by atoms with Gasteiger partial charge in [-0.05, 0) is 24.3 Å². The maximum Gasteiger partial charge on any atom is 0.269 e. The predicted octanol–water partition coefficient (Wildman–Crippen LogP) is 2.47. The number of amides is 1. The smallest absolute Gasteiger partial charge is 0.269 e. The molecule has 2 aromatic rings. The molecule has 0 spiro atoms. The lowest BCUT2D eigenvalue weighted by atomic mass is 10.2. The first-order valence-electron chi connectivity index (χ1n) is 6.60. The molecule has 1 N–H and O–H groups in total. The molecule has 1 amide bonds. The Balaban J connectivity index is 1.72. The second kappa shape index (κ2) is 5.75. The van der Waals surface area contributed by atoms with E-state index in [-0.39, 0.29) is 12.5 Å². The van der Waals surface area contributed by atoms with E-state index in [0.717, 1.165) is 0 Å². The molecule has 1 heterocycles. The van der Waals surface area contributed by atoms with Gasteiger partial charge in [-0.25, -0.2) is 0 Å². The van der Waals surface area contributed by atoms with Crippen LogP contribution >= 0.6 is 0 Å². The van der Waals surface area contributed by atoms with Gasteiger partial charge < -0.3 is 19.5 Å². The number of carbonyl (C=O) groups excluding carboxylic acids is 1. The molecule has 5 heteroatoms. The molecule has 0 bridgehead atoms. The minimum absolute atomic E-state index is 0.179. The minimum atomic E-state index is -0.690. The number of para-hydroxylation sites is 4. The van der Waals surface area contributed by atoms with Gasteiger partial charge in [-0.2, -0.15) is 0 Å². The number of nitrogens with one attached hydrogen (secondary N) is 1. The fraction of sp³-hybridized carbons (Fsp3) is 0.188. The number of hydrogen-bond acceptors (Lipinski definition) is 4. The lowest BCUT2D eigenvalue weighted by Crippen LogP contribution is -2.40. The number of rotatable bonds is 3. The summed E-state index contributed by atoms with van der Waals surface area (Å²) in [6.07, 6.45) is -0.690. The van der Waals surface area contributed by atoms with Crippen molar-refractivity contribution in [3.8, 4) is 17.2 Å². The van der Waals surface area contributed by atoms with Gasteiger partial charge in [0, 0.05) is 0 Å². The Morgan fingerprint density at radius 3 is 2.67 bits per heavy atom. The number of benzene rings is 2. The Morgan fingerprint density at radius 1 is 1.14 bits per heavy atom. The van der Waals surface area contributed by atoms with Crippen LogP contribution in [-0.4, -0.2) is 25.7 Å². The van der Waals surface area contributed by atoms with Crippen LogP contribution in [0.5, 0.6) is 17.2 Å². The fourth-order valence-corrected chi connectivity index (χ4v) is 2.11. The Kier molecular flexibility index (Phi) is 3.64. The molecule has 0 saturated carbocycles. The van der Waals surface area contributed by atoms with Crippen molar-refractivity contribution in [1.82, 2.24) is 0 Å². The van der Waals surface area contributed by atoms with Crippen molar-refractivity contribution in [2.75, 3.05) is 19.0 Å². The Morgan fingerprint density at radius 2 is 1.86 bits per heavy atom. The summed E-state index contributed by atoms with van der Waals surface area (Å²) in [5.41, 5.74) is 0.604. The van der Waals surface area contributed by atoms with Crippen molar-refractivity contribution in [3.63, 3.8) is 0 Å². The Hall–Kier alpha value is -2.69. The average Bonchev–Trinajstić information content (AvgIpc) is 2.55. The summed E-state index contributed by atoms with van der Waals surface area (Å²) < 4.78 is 16.4. The number of anilines is 1. The monoisotopic (exact) mass is 285 g/mol. The van der Waals surface area contributed by atoms with Crippen LogP contribution in [0.15, 0.2) is 48.5 Å². The van der Waals surface area contributed by atoms with Gasteiger partial charge in [0.25, 0.3) is 5.91 Å². The van der Waals surface area contributed by atoms with E-state index in [1.807, 2.05) is 30.3 Å². The summed E-state index contributed by atoms with van der Waals surface area (Å²) in [6, 6.07) is 14.5. The molecule has 0 radical (unpaired) electrons. The van der Waals surface area contributed by atoms with Gasteiger partial charge in [-0.15, -0.1) is 0 Å². The summed E-state index contributed by atoms with van der Waals surface area (Å²) in [7, 11) is 1.56. The summed E-state index contributed by atoms with van der Waals surface area (Å²) >= 11 is 0. The van der Waals surface area contributed by atoms with Crippen molar-refractivity contribution in [3.05, 3.63) is 48.5 Å². The van der Waals surface area contributed by atoms with E-state index in [9.17, 15) is 4.79 Å². The lowest BCUT2D eigenvalue weighted by molar-refractivity contribution is -0.125. The maximum atomic E-state index is 12.3. The molecule has 5 nitrogen and oxygen atoms in total. The normalized spacial score (nSPS) is 16.1. The van der Waals surface area contributed by atoms with Gasteiger partial charge in [0.1, 0.15) is 12.4 Å². The highest BCUT2D eigenvalue weighted by molar-refractivity contribution is 5.96. The number of hydrogen-bond donors (Lipinski definition) is 1. The Bertz CT molecular complexity index is 656. The second-order valence-electron chi connectivity index (χ2n) is 4.55. The third-order valence-corrected chi connectivity index (χ3v) is 3.17. The molecule has 1 atom stereocenters. The molecular weight excluding hydrogens is 270 g/mol. The SMILES string of the molecule is COc1ccccc1NC(=O)[C@@H]1COc2ccccc2O1. The van der Waals surface area contributed by atoms with Crippen LogP contribution in [0.25, 0.3) is 0 Å². The van der Waals surface area contributed by atoms with Gasteiger partial charge in [-0.3, -0.25) is 4.79 Å². The van der Waals surface area contributed by atoms with E-state index in [1.165, 1.54) is 0 Å². The summed E-state index contributed by atoms with van der Waals surface area (Å²) in [6.45, 7) is 0.179. The van der Waals surface area contributed by atoms with Crippen LogP contribution in [0.3, 0.4) is 0 Å². The highest BCUT2D eigenvalue weighted by atomic mass is 16.6. The quantitative estimate of drug-likeness (QED) is 0.941. The van der Waals surface area contributed by atoms with Crippen LogP contribution in [0.1, 0.15) is 0 Å². The summed E-state index contributed by atoms with van der Waals surface area (Å²) in [5, 5.41) is 2.79. The van der Waals surface area contributed by atoms with Crippen molar-refractivity contribution < 1.29 is 19.0 Å². The van der Waals surface area contributed by atoms with Crippen LogP contribution in [-0.2, 0) is 4.79 Å². The van der Waals surface area contributed by atoms with Crippen LogP contribution < -0.4 is 19.5 Å². The standard InChI is InChI=1S/C16H15NO4/c1-19-12-7-3-2-6-11(12)17-16(18)15-10-20-13-8-4-5-9-14(13)21-15/h2-9,15H,10H2,1H3,(H,17,18)/t15-/m0/s1. The molecule has 1 aliphatic heterocycles. The molecule has 0 aromatic heterocycles. The van der Waals surface area contributed by atoms with E-state index in [4.69, 9.17) is 14.2 Å². The average molecular weight is 285 g/mol.